The molecule has 2 aliphatic rings. The molecule has 0 radical (unpaired) electrons. The summed E-state index contributed by atoms with van der Waals surface area (Å²) in [6.07, 6.45) is -3.75. The second-order valence-corrected chi connectivity index (χ2v) is 5.79. The van der Waals surface area contributed by atoms with Crippen molar-refractivity contribution in [3.05, 3.63) is 29.8 Å². The molecule has 1 N–H and O–H groups in total. The number of fused-ring (bicyclic) bond motifs is 1. The van der Waals surface area contributed by atoms with Crippen molar-refractivity contribution in [3.8, 4) is 5.75 Å². The Morgan fingerprint density at radius 1 is 1.17 bits per heavy atom. The zero-order valence-electron chi connectivity index (χ0n) is 12.3. The molecule has 0 aliphatic carbocycles. The fourth-order valence-electron chi connectivity index (χ4n) is 3.20. The number of hydrogen-bond acceptors (Lipinski definition) is 3. The first kappa shape index (κ1) is 17.9. The number of likely N-dealkylation sites (tertiary alicyclic amines) is 1. The summed E-state index contributed by atoms with van der Waals surface area (Å²) in [4.78, 5) is 14.2. The Morgan fingerprint density at radius 2 is 1.83 bits per heavy atom. The van der Waals surface area contributed by atoms with Crippen molar-refractivity contribution in [2.75, 3.05) is 26.2 Å². The predicted molar refractivity (Wildman–Crippen MR) is 80.7 cm³/mol. The standard InChI is InChI=1S/C15H17F3N2O2.ClH/c16-15(17,18)22-13-3-1-10(2-4-13)14(21)20-6-5-11-7-19-8-12(11)9-20;/h1-4,11-12,19H,5-9H2;1H. The van der Waals surface area contributed by atoms with Crippen LogP contribution >= 0.6 is 12.4 Å². The van der Waals surface area contributed by atoms with Crippen LogP contribution in [-0.4, -0.2) is 43.3 Å². The first-order chi connectivity index (χ1) is 10.4. The molecule has 2 heterocycles. The third-order valence-corrected chi connectivity index (χ3v) is 4.33. The highest BCUT2D eigenvalue weighted by Crippen LogP contribution is 2.28. The number of nitrogens with zero attached hydrogens (tertiary/aromatic N) is 1. The van der Waals surface area contributed by atoms with Gasteiger partial charge in [0.1, 0.15) is 5.75 Å². The molecule has 3 rings (SSSR count). The molecule has 128 valence electrons. The largest absolute Gasteiger partial charge is 0.573 e. The van der Waals surface area contributed by atoms with Crippen LogP contribution in [0.2, 0.25) is 0 Å². The van der Waals surface area contributed by atoms with E-state index in [0.29, 0.717) is 30.5 Å². The van der Waals surface area contributed by atoms with E-state index in [4.69, 9.17) is 0 Å². The summed E-state index contributed by atoms with van der Waals surface area (Å²) in [6.45, 7) is 3.34. The molecule has 1 aromatic carbocycles. The van der Waals surface area contributed by atoms with E-state index in [1.807, 2.05) is 0 Å². The summed E-state index contributed by atoms with van der Waals surface area (Å²) in [7, 11) is 0. The Hall–Kier alpha value is -1.47. The van der Waals surface area contributed by atoms with Gasteiger partial charge in [-0.1, -0.05) is 0 Å². The van der Waals surface area contributed by atoms with Gasteiger partial charge in [-0.05, 0) is 55.6 Å². The van der Waals surface area contributed by atoms with E-state index in [0.717, 1.165) is 19.5 Å². The van der Waals surface area contributed by atoms with Gasteiger partial charge >= 0.3 is 6.36 Å². The van der Waals surface area contributed by atoms with Crippen molar-refractivity contribution in [2.24, 2.45) is 11.8 Å². The fraction of sp³-hybridized carbons (Fsp3) is 0.533. The molecule has 1 aromatic rings. The predicted octanol–water partition coefficient (Wildman–Crippen LogP) is 2.69. The smallest absolute Gasteiger partial charge is 0.406 e. The van der Waals surface area contributed by atoms with E-state index in [2.05, 4.69) is 10.1 Å². The number of hydrogen-bond donors (Lipinski definition) is 1. The van der Waals surface area contributed by atoms with Gasteiger partial charge in [0.15, 0.2) is 0 Å². The van der Waals surface area contributed by atoms with Crippen molar-refractivity contribution >= 4 is 18.3 Å². The minimum absolute atomic E-state index is 0. The van der Waals surface area contributed by atoms with Gasteiger partial charge in [-0.15, -0.1) is 25.6 Å². The zero-order valence-corrected chi connectivity index (χ0v) is 13.1. The third-order valence-electron chi connectivity index (χ3n) is 4.33. The molecule has 1 amide bonds. The van der Waals surface area contributed by atoms with Gasteiger partial charge in [0.05, 0.1) is 0 Å². The lowest BCUT2D eigenvalue weighted by Crippen LogP contribution is -2.43. The minimum Gasteiger partial charge on any atom is -0.406 e. The van der Waals surface area contributed by atoms with Gasteiger partial charge in [0.25, 0.3) is 5.91 Å². The number of carbonyl (C=O) groups is 1. The molecule has 0 saturated carbocycles. The van der Waals surface area contributed by atoms with E-state index in [9.17, 15) is 18.0 Å². The van der Waals surface area contributed by atoms with Gasteiger partial charge in [-0.2, -0.15) is 0 Å². The van der Waals surface area contributed by atoms with Crippen molar-refractivity contribution in [1.82, 2.24) is 10.2 Å². The summed E-state index contributed by atoms with van der Waals surface area (Å²) < 4.78 is 40.1. The van der Waals surface area contributed by atoms with Gasteiger partial charge < -0.3 is 15.0 Å². The second kappa shape index (κ2) is 6.97. The van der Waals surface area contributed by atoms with E-state index in [-0.39, 0.29) is 24.1 Å². The maximum absolute atomic E-state index is 12.4. The Kier molecular flexibility index (Phi) is 5.41. The highest BCUT2D eigenvalue weighted by atomic mass is 35.5. The van der Waals surface area contributed by atoms with Crippen LogP contribution in [0.1, 0.15) is 16.8 Å². The Morgan fingerprint density at radius 3 is 2.48 bits per heavy atom. The first-order valence-electron chi connectivity index (χ1n) is 7.28. The Balaban J connectivity index is 0.00000192. The lowest BCUT2D eigenvalue weighted by molar-refractivity contribution is -0.274. The van der Waals surface area contributed by atoms with E-state index < -0.39 is 6.36 Å². The van der Waals surface area contributed by atoms with Crippen LogP contribution in [0.25, 0.3) is 0 Å². The summed E-state index contributed by atoms with van der Waals surface area (Å²) >= 11 is 0. The van der Waals surface area contributed by atoms with Crippen LogP contribution in [0.4, 0.5) is 13.2 Å². The van der Waals surface area contributed by atoms with Crippen LogP contribution in [0.3, 0.4) is 0 Å². The lowest BCUT2D eigenvalue weighted by Gasteiger charge is -2.34. The fourth-order valence-corrected chi connectivity index (χ4v) is 3.20. The number of ether oxygens (including phenoxy) is 1. The molecular weight excluding hydrogens is 333 g/mol. The SMILES string of the molecule is Cl.O=C(c1ccc(OC(F)(F)F)cc1)N1CCC2CNCC2C1. The van der Waals surface area contributed by atoms with Gasteiger partial charge in [-0.3, -0.25) is 4.79 Å². The molecule has 4 nitrogen and oxygen atoms in total. The average molecular weight is 351 g/mol. The quantitative estimate of drug-likeness (QED) is 0.891. The van der Waals surface area contributed by atoms with E-state index in [1.54, 1.807) is 4.90 Å². The topological polar surface area (TPSA) is 41.6 Å². The molecule has 2 fully saturated rings. The number of rotatable bonds is 2. The number of piperidine rings is 1. The lowest BCUT2D eigenvalue weighted by atomic mass is 9.88. The summed E-state index contributed by atoms with van der Waals surface area (Å²) in [6, 6.07) is 5.10. The number of amides is 1. The maximum atomic E-state index is 12.4. The normalized spacial score (nSPS) is 23.9. The molecule has 2 unspecified atom stereocenters. The third kappa shape index (κ3) is 4.29. The van der Waals surface area contributed by atoms with Crippen molar-refractivity contribution in [3.63, 3.8) is 0 Å². The molecule has 0 spiro atoms. The van der Waals surface area contributed by atoms with Crippen LogP contribution in [-0.2, 0) is 0 Å². The summed E-state index contributed by atoms with van der Waals surface area (Å²) in [5.74, 6) is 0.656. The molecule has 23 heavy (non-hydrogen) atoms. The average Bonchev–Trinajstić information content (AvgIpc) is 2.93. The molecule has 2 saturated heterocycles. The summed E-state index contributed by atoms with van der Waals surface area (Å²) in [5, 5.41) is 3.33. The molecular formula is C15H18ClF3N2O2. The maximum Gasteiger partial charge on any atom is 0.573 e. The Labute approximate surface area is 138 Å². The number of benzene rings is 1. The van der Waals surface area contributed by atoms with Gasteiger partial charge in [-0.25, -0.2) is 0 Å². The Bertz CT molecular complexity index is 551. The second-order valence-electron chi connectivity index (χ2n) is 5.79. The van der Waals surface area contributed by atoms with Crippen LogP contribution in [0.5, 0.6) is 5.75 Å². The molecule has 2 aliphatic heterocycles. The first-order valence-corrected chi connectivity index (χ1v) is 7.28. The highest BCUT2D eigenvalue weighted by Gasteiger charge is 2.35. The van der Waals surface area contributed by atoms with Crippen LogP contribution in [0, 0.1) is 11.8 Å². The number of carbonyl (C=O) groups excluding carboxylic acids is 1. The van der Waals surface area contributed by atoms with E-state index >= 15 is 0 Å². The minimum atomic E-state index is -4.72. The monoisotopic (exact) mass is 350 g/mol. The van der Waals surface area contributed by atoms with Crippen molar-refractivity contribution < 1.29 is 22.7 Å². The van der Waals surface area contributed by atoms with Crippen LogP contribution < -0.4 is 10.1 Å². The molecule has 8 heteroatoms. The van der Waals surface area contributed by atoms with Crippen molar-refractivity contribution in [2.45, 2.75) is 12.8 Å². The number of halogens is 4. The number of alkyl halides is 3. The summed E-state index contributed by atoms with van der Waals surface area (Å²) in [5.41, 5.74) is 0.388. The van der Waals surface area contributed by atoms with Gasteiger partial charge in [0.2, 0.25) is 0 Å². The van der Waals surface area contributed by atoms with Crippen molar-refractivity contribution in [1.29, 1.82) is 0 Å². The van der Waals surface area contributed by atoms with E-state index in [1.165, 1.54) is 24.3 Å². The molecule has 0 bridgehead atoms. The van der Waals surface area contributed by atoms with Crippen LogP contribution in [0.15, 0.2) is 24.3 Å². The van der Waals surface area contributed by atoms with Gasteiger partial charge in [0, 0.05) is 18.7 Å². The highest BCUT2D eigenvalue weighted by molar-refractivity contribution is 5.94. The molecule has 0 aromatic heterocycles. The zero-order chi connectivity index (χ0) is 15.7. The molecule has 2 atom stereocenters. The number of nitrogens with one attached hydrogen (secondary N) is 1.